The highest BCUT2D eigenvalue weighted by Crippen LogP contribution is 2.74. The number of carbonyl (C=O) groups excluding carboxylic acids is 1. The van der Waals surface area contributed by atoms with Crippen LogP contribution in [0.15, 0.2) is 12.3 Å². The van der Waals surface area contributed by atoms with E-state index >= 15 is 0 Å². The number of carbonyl (C=O) groups is 1. The second kappa shape index (κ2) is 1.89. The van der Waals surface area contributed by atoms with E-state index < -0.39 is 13.7 Å². The molecule has 0 spiro atoms. The van der Waals surface area contributed by atoms with E-state index in [2.05, 4.69) is 15.6 Å². The summed E-state index contributed by atoms with van der Waals surface area (Å²) >= 11 is 0. The van der Waals surface area contributed by atoms with E-state index in [1.165, 1.54) is 0 Å². The first kappa shape index (κ1) is 6.91. The molecule has 0 amide bonds. The van der Waals surface area contributed by atoms with Crippen molar-refractivity contribution in [1.82, 2.24) is 0 Å². The van der Waals surface area contributed by atoms with Gasteiger partial charge < -0.3 is 0 Å². The lowest BCUT2D eigenvalue weighted by atomic mass is 10.6. The molecule has 9 heavy (non-hydrogen) atoms. The predicted octanol–water partition coefficient (Wildman–Crippen LogP) is 1.60. The summed E-state index contributed by atoms with van der Waals surface area (Å²) < 4.78 is 20.9. The maximum atomic E-state index is 12.5. The van der Waals surface area contributed by atoms with Crippen LogP contribution in [0.3, 0.4) is 0 Å². The minimum atomic E-state index is -3.44. The molecule has 2 atom stereocenters. The van der Waals surface area contributed by atoms with Crippen molar-refractivity contribution < 1.29 is 18.0 Å². The Bertz CT molecular complexity index is 160. The van der Waals surface area contributed by atoms with Crippen molar-refractivity contribution in [3.8, 4) is 0 Å². The highest BCUT2D eigenvalue weighted by molar-refractivity contribution is 8.16. The normalized spacial score (nSPS) is 34.0. The summed E-state index contributed by atoms with van der Waals surface area (Å²) in [5.41, 5.74) is 0. The molecule has 0 aromatic heterocycles. The molecule has 0 N–H and O–H groups in total. The van der Waals surface area contributed by atoms with Crippen LogP contribution in [-0.4, -0.2) is 5.97 Å². The third-order valence-corrected chi connectivity index (χ3v) is 2.19. The Morgan fingerprint density at radius 3 is 2.33 bits per heavy atom. The minimum Gasteiger partial charge on any atom is -0.265 e. The SMILES string of the molecule is C=C1O[P+](F)(P)OC1=O. The lowest BCUT2D eigenvalue weighted by molar-refractivity contribution is -0.129. The maximum Gasteiger partial charge on any atom is 0.561 e. The zero-order chi connectivity index (χ0) is 7.07. The van der Waals surface area contributed by atoms with Crippen molar-refractivity contribution >= 4 is 22.6 Å². The van der Waals surface area contributed by atoms with Gasteiger partial charge in [0.25, 0.3) is 5.76 Å². The third-order valence-electron chi connectivity index (χ3n) is 0.670. The van der Waals surface area contributed by atoms with Crippen LogP contribution < -0.4 is 0 Å². The molecule has 0 bridgehead atoms. The fourth-order valence-electron chi connectivity index (χ4n) is 0.370. The van der Waals surface area contributed by atoms with Gasteiger partial charge in [0.1, 0.15) is 8.93 Å². The molecule has 1 heterocycles. The fraction of sp³-hybridized carbons (Fsp3) is 0. The van der Waals surface area contributed by atoms with Gasteiger partial charge in [-0.1, -0.05) is 0 Å². The van der Waals surface area contributed by atoms with E-state index in [9.17, 15) is 8.99 Å². The molecule has 1 aliphatic heterocycles. The summed E-state index contributed by atoms with van der Waals surface area (Å²) in [5.74, 6) is -1.08. The molecule has 0 aliphatic carbocycles. The first-order chi connectivity index (χ1) is 4.01. The number of hydrogen-bond acceptors (Lipinski definition) is 3. The Morgan fingerprint density at radius 1 is 1.67 bits per heavy atom. The van der Waals surface area contributed by atoms with Crippen LogP contribution in [0, 0.1) is 0 Å². The van der Waals surface area contributed by atoms with Gasteiger partial charge in [-0.2, -0.15) is 0 Å². The predicted molar refractivity (Wildman–Crippen MR) is 34.1 cm³/mol. The molecular weight excluding hydrogens is 165 g/mol. The van der Waals surface area contributed by atoms with Gasteiger partial charge in [0, 0.05) is 4.20 Å². The first-order valence-electron chi connectivity index (χ1n) is 2.01. The van der Waals surface area contributed by atoms with Crippen LogP contribution in [0.1, 0.15) is 0 Å². The van der Waals surface area contributed by atoms with Gasteiger partial charge in [-0.15, -0.1) is 0 Å². The number of rotatable bonds is 0. The lowest BCUT2D eigenvalue weighted by Gasteiger charge is -1.92. The second-order valence-electron chi connectivity index (χ2n) is 1.41. The van der Waals surface area contributed by atoms with Crippen molar-refractivity contribution in [2.24, 2.45) is 0 Å². The van der Waals surface area contributed by atoms with Gasteiger partial charge in [-0.25, -0.2) is 9.32 Å². The van der Waals surface area contributed by atoms with Crippen molar-refractivity contribution in [3.05, 3.63) is 12.3 Å². The molecule has 1 saturated heterocycles. The molecule has 3 nitrogen and oxygen atoms in total. The zero-order valence-corrected chi connectivity index (χ0v) is 6.38. The smallest absolute Gasteiger partial charge is 0.265 e. The van der Waals surface area contributed by atoms with Crippen molar-refractivity contribution in [1.29, 1.82) is 0 Å². The van der Waals surface area contributed by atoms with Crippen LogP contribution in [0.4, 0.5) is 4.20 Å². The van der Waals surface area contributed by atoms with Crippen LogP contribution in [-0.2, 0) is 13.8 Å². The number of hydrogen-bond donors (Lipinski definition) is 0. The monoisotopic (exact) mass is 169 g/mol. The zero-order valence-electron chi connectivity index (χ0n) is 4.33. The van der Waals surface area contributed by atoms with Gasteiger partial charge in [-0.3, -0.25) is 4.52 Å². The van der Waals surface area contributed by atoms with E-state index in [1.807, 2.05) is 0 Å². The summed E-state index contributed by atoms with van der Waals surface area (Å²) in [4.78, 5) is 10.3. The van der Waals surface area contributed by atoms with Gasteiger partial charge in [-0.05, 0) is 6.58 Å². The summed E-state index contributed by atoms with van der Waals surface area (Å²) in [6.45, 7) is 3.11. The molecule has 0 radical (unpaired) electrons. The summed E-state index contributed by atoms with van der Waals surface area (Å²) in [5, 5.41) is 0. The Morgan fingerprint density at radius 2 is 2.22 bits per heavy atom. The van der Waals surface area contributed by atoms with Crippen molar-refractivity contribution in [2.75, 3.05) is 0 Å². The quantitative estimate of drug-likeness (QED) is 0.408. The highest BCUT2D eigenvalue weighted by Gasteiger charge is 2.53. The first-order valence-corrected chi connectivity index (χ1v) is 5.14. The second-order valence-corrected chi connectivity index (χ2v) is 4.67. The summed E-state index contributed by atoms with van der Waals surface area (Å²) in [6, 6.07) is 0. The molecule has 1 rings (SSSR count). The molecule has 0 saturated carbocycles. The molecule has 6 heteroatoms. The van der Waals surface area contributed by atoms with Crippen LogP contribution in [0.2, 0.25) is 0 Å². The molecular formula is C3H4FO3P2+. The van der Waals surface area contributed by atoms with Crippen LogP contribution in [0.25, 0.3) is 0 Å². The van der Waals surface area contributed by atoms with E-state index in [-0.39, 0.29) is 5.76 Å². The van der Waals surface area contributed by atoms with E-state index in [0.29, 0.717) is 0 Å². The Hall–Kier alpha value is -0.200. The van der Waals surface area contributed by atoms with Crippen molar-refractivity contribution in [3.63, 3.8) is 0 Å². The number of halogens is 1. The molecule has 1 fully saturated rings. The van der Waals surface area contributed by atoms with E-state index in [4.69, 9.17) is 0 Å². The Balaban J connectivity index is 2.76. The van der Waals surface area contributed by atoms with Crippen LogP contribution >= 0.6 is 16.6 Å². The molecule has 1 aliphatic rings. The van der Waals surface area contributed by atoms with E-state index in [0.717, 1.165) is 0 Å². The minimum absolute atomic E-state index is 0.263. The Kier molecular flexibility index (Phi) is 1.45. The Labute approximate surface area is 53.9 Å². The molecule has 50 valence electrons. The fourth-order valence-corrected chi connectivity index (χ4v) is 1.78. The third kappa shape index (κ3) is 1.38. The standard InChI is InChI=1S/C3H4FO3P2/c1-2-3(5)7-9(4,8)6-2/h1,8H2/q+1. The lowest BCUT2D eigenvalue weighted by Crippen LogP contribution is -1.91. The van der Waals surface area contributed by atoms with E-state index in [1.54, 1.807) is 8.93 Å². The molecule has 2 unspecified atom stereocenters. The van der Waals surface area contributed by atoms with Crippen molar-refractivity contribution in [2.45, 2.75) is 0 Å². The van der Waals surface area contributed by atoms with Gasteiger partial charge in [0.2, 0.25) is 0 Å². The maximum absolute atomic E-state index is 12.5. The largest absolute Gasteiger partial charge is 0.561 e. The van der Waals surface area contributed by atoms with Gasteiger partial charge in [0.05, 0.1) is 0 Å². The topological polar surface area (TPSA) is 35.5 Å². The molecule has 0 aromatic carbocycles. The average Bonchev–Trinajstić information content (AvgIpc) is 1.79. The highest BCUT2D eigenvalue weighted by atomic mass is 32.1. The molecule has 0 aromatic rings. The van der Waals surface area contributed by atoms with Gasteiger partial charge in [0.15, 0.2) is 0 Å². The van der Waals surface area contributed by atoms with Crippen LogP contribution in [0.5, 0.6) is 0 Å². The average molecular weight is 169 g/mol. The summed E-state index contributed by atoms with van der Waals surface area (Å²) in [6.07, 6.45) is 0. The van der Waals surface area contributed by atoms with Gasteiger partial charge >= 0.3 is 13.7 Å². The summed E-state index contributed by atoms with van der Waals surface area (Å²) in [7, 11) is -1.74.